The van der Waals surface area contributed by atoms with Crippen LogP contribution in [0.1, 0.15) is 22.7 Å². The van der Waals surface area contributed by atoms with Crippen LogP contribution >= 0.6 is 22.7 Å². The summed E-state index contributed by atoms with van der Waals surface area (Å²) in [5, 5.41) is 3.57. The van der Waals surface area contributed by atoms with Crippen LogP contribution < -0.4 is 15.6 Å². The lowest BCUT2D eigenvalue weighted by Gasteiger charge is -2.08. The molecular weight excluding hydrogens is 465 g/mol. The van der Waals surface area contributed by atoms with E-state index in [-0.39, 0.29) is 30.1 Å². The zero-order chi connectivity index (χ0) is 23.0. The van der Waals surface area contributed by atoms with Gasteiger partial charge >= 0.3 is 6.18 Å². The molecule has 4 aromatic rings. The van der Waals surface area contributed by atoms with E-state index in [1.165, 1.54) is 29.5 Å². The maximum Gasteiger partial charge on any atom is 0.422 e. The number of anilines is 1. The highest BCUT2D eigenvalue weighted by Crippen LogP contribution is 2.30. The van der Waals surface area contributed by atoms with Crippen molar-refractivity contribution in [2.75, 3.05) is 11.9 Å². The molecule has 0 aliphatic carbocycles. The number of ether oxygens (including phenoxy) is 1. The van der Waals surface area contributed by atoms with Crippen molar-refractivity contribution >= 4 is 54.1 Å². The van der Waals surface area contributed by atoms with Crippen molar-refractivity contribution < 1.29 is 22.7 Å². The Morgan fingerprint density at radius 3 is 2.75 bits per heavy atom. The van der Waals surface area contributed by atoms with Crippen molar-refractivity contribution in [1.29, 1.82) is 0 Å². The number of aromatic amines is 1. The standard InChI is InChI=1S/C20H17F3N4O3S2/c1-9-10(2)31-18-16(9)17(29)25-14(26-18)5-6-15(28)27-19-24-12-4-3-11(7-13(12)32-19)30-8-20(21,22)23/h3-4,7H,5-6,8H2,1-2H3,(H,24,27,28)(H,25,26,29). The monoisotopic (exact) mass is 482 g/mol. The van der Waals surface area contributed by atoms with Gasteiger partial charge in [0.2, 0.25) is 5.91 Å². The lowest BCUT2D eigenvalue weighted by Crippen LogP contribution is -2.19. The first-order valence-electron chi connectivity index (χ1n) is 9.48. The van der Waals surface area contributed by atoms with Gasteiger partial charge in [-0.15, -0.1) is 11.3 Å². The summed E-state index contributed by atoms with van der Waals surface area (Å²) in [5.74, 6) is 0.175. The van der Waals surface area contributed by atoms with E-state index in [2.05, 4.69) is 20.3 Å². The molecule has 0 atom stereocenters. The Kier molecular flexibility index (Phi) is 5.91. The van der Waals surface area contributed by atoms with Gasteiger partial charge in [-0.1, -0.05) is 11.3 Å². The average Bonchev–Trinajstić information content (AvgIpc) is 3.23. The molecule has 3 heterocycles. The van der Waals surface area contributed by atoms with E-state index >= 15 is 0 Å². The smallest absolute Gasteiger partial charge is 0.422 e. The lowest BCUT2D eigenvalue weighted by molar-refractivity contribution is -0.153. The number of nitrogens with zero attached hydrogens (tertiary/aromatic N) is 2. The van der Waals surface area contributed by atoms with Crippen LogP contribution in [0.3, 0.4) is 0 Å². The van der Waals surface area contributed by atoms with E-state index in [9.17, 15) is 22.8 Å². The summed E-state index contributed by atoms with van der Waals surface area (Å²) in [6.07, 6.45) is -4.10. The third-order valence-corrected chi connectivity index (χ3v) is 6.72. The molecule has 1 aromatic carbocycles. The Bertz CT molecular complexity index is 1370. The second kappa shape index (κ2) is 8.51. The summed E-state index contributed by atoms with van der Waals surface area (Å²) in [6, 6.07) is 4.37. The molecule has 12 heteroatoms. The molecule has 0 spiro atoms. The predicted molar refractivity (Wildman–Crippen MR) is 118 cm³/mol. The first-order chi connectivity index (χ1) is 15.1. The summed E-state index contributed by atoms with van der Waals surface area (Å²) < 4.78 is 42.2. The molecule has 0 bridgehead atoms. The lowest BCUT2D eigenvalue weighted by atomic mass is 10.2. The number of benzene rings is 1. The van der Waals surface area contributed by atoms with Crippen LogP contribution in [0.2, 0.25) is 0 Å². The number of thiophene rings is 1. The molecule has 1 amide bonds. The number of H-pyrrole nitrogens is 1. The molecule has 168 valence electrons. The average molecular weight is 483 g/mol. The van der Waals surface area contributed by atoms with Crippen molar-refractivity contribution in [2.24, 2.45) is 0 Å². The van der Waals surface area contributed by atoms with Crippen LogP contribution in [0.4, 0.5) is 18.3 Å². The first-order valence-corrected chi connectivity index (χ1v) is 11.1. The Hall–Kier alpha value is -2.99. The highest BCUT2D eigenvalue weighted by molar-refractivity contribution is 7.22. The molecule has 7 nitrogen and oxygen atoms in total. The molecule has 3 aromatic heterocycles. The minimum Gasteiger partial charge on any atom is -0.484 e. The van der Waals surface area contributed by atoms with Crippen molar-refractivity contribution in [3.05, 3.63) is 44.8 Å². The van der Waals surface area contributed by atoms with E-state index in [1.54, 1.807) is 0 Å². The highest BCUT2D eigenvalue weighted by atomic mass is 32.1. The normalized spacial score (nSPS) is 11.9. The number of nitrogens with one attached hydrogen (secondary N) is 2. The van der Waals surface area contributed by atoms with E-state index in [1.807, 2.05) is 13.8 Å². The number of rotatable bonds is 6. The van der Waals surface area contributed by atoms with E-state index < -0.39 is 12.8 Å². The topological polar surface area (TPSA) is 97.0 Å². The Morgan fingerprint density at radius 1 is 1.22 bits per heavy atom. The number of carbonyl (C=O) groups excluding carboxylic acids is 1. The van der Waals surface area contributed by atoms with Gasteiger partial charge in [0.1, 0.15) is 16.4 Å². The Labute approximate surface area is 187 Å². The van der Waals surface area contributed by atoms with Gasteiger partial charge in [0.25, 0.3) is 5.56 Å². The van der Waals surface area contributed by atoms with Crippen molar-refractivity contribution in [1.82, 2.24) is 15.0 Å². The van der Waals surface area contributed by atoms with Crippen molar-refractivity contribution in [2.45, 2.75) is 32.9 Å². The zero-order valence-electron chi connectivity index (χ0n) is 16.9. The van der Waals surface area contributed by atoms with E-state index in [0.29, 0.717) is 31.4 Å². The molecule has 4 rings (SSSR count). The molecule has 0 aliphatic heterocycles. The van der Waals surface area contributed by atoms with Gasteiger partial charge in [-0.2, -0.15) is 13.2 Å². The predicted octanol–water partition coefficient (Wildman–Crippen LogP) is 4.72. The van der Waals surface area contributed by atoms with Crippen LogP contribution in [-0.4, -0.2) is 33.6 Å². The van der Waals surface area contributed by atoms with Gasteiger partial charge in [0.15, 0.2) is 11.7 Å². The molecule has 2 N–H and O–H groups in total. The number of aromatic nitrogens is 3. The van der Waals surface area contributed by atoms with Crippen LogP contribution in [0.5, 0.6) is 5.75 Å². The number of thiazole rings is 1. The Morgan fingerprint density at radius 2 is 2.00 bits per heavy atom. The molecule has 0 fully saturated rings. The molecular formula is C20H17F3N4O3S2. The number of hydrogen-bond acceptors (Lipinski definition) is 7. The summed E-state index contributed by atoms with van der Waals surface area (Å²) in [6.45, 7) is 2.42. The number of alkyl halides is 3. The van der Waals surface area contributed by atoms with Crippen LogP contribution in [0.25, 0.3) is 20.4 Å². The van der Waals surface area contributed by atoms with Gasteiger partial charge < -0.3 is 15.0 Å². The molecule has 0 radical (unpaired) electrons. The number of amides is 1. The zero-order valence-corrected chi connectivity index (χ0v) is 18.6. The third kappa shape index (κ3) is 4.91. The third-order valence-electron chi connectivity index (χ3n) is 4.69. The van der Waals surface area contributed by atoms with Gasteiger partial charge in [-0.05, 0) is 37.6 Å². The summed E-state index contributed by atoms with van der Waals surface area (Å²) >= 11 is 2.57. The quantitative estimate of drug-likeness (QED) is 0.414. The van der Waals surface area contributed by atoms with Crippen molar-refractivity contribution in [3.63, 3.8) is 0 Å². The fourth-order valence-corrected chi connectivity index (χ4v) is 5.00. The van der Waals surface area contributed by atoms with Crippen LogP contribution in [0.15, 0.2) is 23.0 Å². The number of aryl methyl sites for hydroxylation is 3. The van der Waals surface area contributed by atoms with Gasteiger partial charge in [-0.25, -0.2) is 9.97 Å². The second-order valence-corrected chi connectivity index (χ2v) is 9.31. The van der Waals surface area contributed by atoms with Crippen LogP contribution in [-0.2, 0) is 11.2 Å². The first kappa shape index (κ1) is 22.2. The minimum atomic E-state index is -4.42. The molecule has 0 saturated heterocycles. The number of carbonyl (C=O) groups is 1. The summed E-state index contributed by atoms with van der Waals surface area (Å²) in [5.41, 5.74) is 1.22. The van der Waals surface area contributed by atoms with Crippen molar-refractivity contribution in [3.8, 4) is 5.75 Å². The molecule has 32 heavy (non-hydrogen) atoms. The van der Waals surface area contributed by atoms with Gasteiger partial charge in [0.05, 0.1) is 15.6 Å². The molecule has 0 saturated carbocycles. The van der Waals surface area contributed by atoms with Crippen LogP contribution in [0, 0.1) is 13.8 Å². The number of halogens is 3. The van der Waals surface area contributed by atoms with E-state index in [4.69, 9.17) is 4.74 Å². The number of hydrogen-bond donors (Lipinski definition) is 2. The number of fused-ring (bicyclic) bond motifs is 2. The second-order valence-electron chi connectivity index (χ2n) is 7.08. The highest BCUT2D eigenvalue weighted by Gasteiger charge is 2.28. The van der Waals surface area contributed by atoms with Gasteiger partial charge in [0, 0.05) is 17.7 Å². The maximum absolute atomic E-state index is 12.3. The minimum absolute atomic E-state index is 0.0702. The summed E-state index contributed by atoms with van der Waals surface area (Å²) in [4.78, 5) is 37.8. The fraction of sp³-hybridized carbons (Fsp3) is 0.300. The Balaban J connectivity index is 1.40. The molecule has 0 aliphatic rings. The largest absolute Gasteiger partial charge is 0.484 e. The fourth-order valence-electron chi connectivity index (χ4n) is 3.04. The summed E-state index contributed by atoms with van der Waals surface area (Å²) in [7, 11) is 0. The molecule has 0 unspecified atom stereocenters. The SMILES string of the molecule is Cc1sc2nc(CCC(=O)Nc3nc4ccc(OCC(F)(F)F)cc4s3)[nH]c(=O)c2c1C. The van der Waals surface area contributed by atoms with Gasteiger partial charge in [-0.3, -0.25) is 9.59 Å². The maximum atomic E-state index is 12.3. The van der Waals surface area contributed by atoms with E-state index in [0.717, 1.165) is 21.8 Å².